The van der Waals surface area contributed by atoms with Crippen molar-refractivity contribution in [3.05, 3.63) is 58.9 Å². The van der Waals surface area contributed by atoms with Crippen LogP contribution < -0.4 is 15.4 Å². The number of nitrogens with one attached hydrogen (secondary N) is 2. The number of hydrogen-bond acceptors (Lipinski definition) is 3. The number of benzene rings is 2. The Hall–Kier alpha value is -2.60. The van der Waals surface area contributed by atoms with E-state index >= 15 is 0 Å². The van der Waals surface area contributed by atoms with Crippen LogP contribution in [-0.2, 0) is 4.79 Å². The van der Waals surface area contributed by atoms with Crippen molar-refractivity contribution >= 4 is 29.1 Å². The third kappa shape index (κ3) is 4.93. The van der Waals surface area contributed by atoms with Crippen molar-refractivity contribution in [2.45, 2.75) is 18.9 Å². The van der Waals surface area contributed by atoms with E-state index in [4.69, 9.17) is 16.3 Å². The lowest BCUT2D eigenvalue weighted by Gasteiger charge is -2.10. The van der Waals surface area contributed by atoms with Gasteiger partial charge in [-0.15, -0.1) is 0 Å². The van der Waals surface area contributed by atoms with Crippen LogP contribution in [0.5, 0.6) is 5.75 Å². The van der Waals surface area contributed by atoms with Crippen LogP contribution in [0.3, 0.4) is 0 Å². The minimum Gasteiger partial charge on any atom is -0.482 e. The van der Waals surface area contributed by atoms with Gasteiger partial charge >= 0.3 is 0 Å². The van der Waals surface area contributed by atoms with E-state index in [2.05, 4.69) is 10.6 Å². The second-order valence-corrected chi connectivity index (χ2v) is 6.15. The maximum atomic E-state index is 13.0. The molecule has 5 nitrogen and oxygen atoms in total. The summed E-state index contributed by atoms with van der Waals surface area (Å²) in [5, 5.41) is 5.62. The highest BCUT2D eigenvalue weighted by atomic mass is 35.5. The molecular formula is C18H16ClFN2O3. The molecule has 2 aromatic rings. The van der Waals surface area contributed by atoms with Crippen LogP contribution in [0.1, 0.15) is 23.2 Å². The molecule has 0 aliphatic heterocycles. The van der Waals surface area contributed by atoms with Crippen LogP contribution in [0.25, 0.3) is 0 Å². The minimum absolute atomic E-state index is 0.0894. The summed E-state index contributed by atoms with van der Waals surface area (Å²) in [6.45, 7) is -0.288. The third-order valence-electron chi connectivity index (χ3n) is 3.57. The number of carbonyl (C=O) groups is 2. The van der Waals surface area contributed by atoms with E-state index in [0.717, 1.165) is 18.9 Å². The van der Waals surface area contributed by atoms with Crippen molar-refractivity contribution in [1.29, 1.82) is 0 Å². The van der Waals surface area contributed by atoms with Crippen molar-refractivity contribution in [2.24, 2.45) is 0 Å². The van der Waals surface area contributed by atoms with E-state index in [-0.39, 0.29) is 29.3 Å². The first kappa shape index (κ1) is 17.2. The quantitative estimate of drug-likeness (QED) is 0.827. The average Bonchev–Trinajstić information content (AvgIpc) is 3.38. The number of anilines is 1. The zero-order chi connectivity index (χ0) is 17.8. The van der Waals surface area contributed by atoms with Crippen LogP contribution in [0.4, 0.5) is 10.1 Å². The van der Waals surface area contributed by atoms with Crippen molar-refractivity contribution in [3.63, 3.8) is 0 Å². The summed E-state index contributed by atoms with van der Waals surface area (Å²) in [6, 6.07) is 10.6. The molecule has 0 aromatic heterocycles. The standard InChI is InChI=1S/C18H16ClFN2O3/c19-15-9-12(20)4-7-16(15)25-10-17(23)21-14-3-1-2-11(8-14)18(24)22-13-5-6-13/h1-4,7-9,13H,5-6,10H2,(H,21,23)(H,22,24). The maximum absolute atomic E-state index is 13.0. The Morgan fingerprint density at radius 2 is 2.00 bits per heavy atom. The molecule has 1 fully saturated rings. The molecule has 1 aliphatic carbocycles. The molecule has 1 saturated carbocycles. The molecule has 2 N–H and O–H groups in total. The molecule has 0 radical (unpaired) electrons. The number of ether oxygens (including phenoxy) is 1. The Kier molecular flexibility index (Phi) is 5.19. The van der Waals surface area contributed by atoms with Crippen LogP contribution in [-0.4, -0.2) is 24.5 Å². The Balaban J connectivity index is 1.56. The molecule has 1 aliphatic rings. The van der Waals surface area contributed by atoms with Gasteiger partial charge in [0.15, 0.2) is 6.61 Å². The van der Waals surface area contributed by atoms with Gasteiger partial charge in [-0.05, 0) is 49.2 Å². The Labute approximate surface area is 149 Å². The topological polar surface area (TPSA) is 67.4 Å². The molecule has 25 heavy (non-hydrogen) atoms. The van der Waals surface area contributed by atoms with Crippen LogP contribution >= 0.6 is 11.6 Å². The van der Waals surface area contributed by atoms with E-state index in [0.29, 0.717) is 11.3 Å². The molecule has 2 aromatic carbocycles. The summed E-state index contributed by atoms with van der Waals surface area (Å²) in [6.07, 6.45) is 2.01. The molecule has 7 heteroatoms. The van der Waals surface area contributed by atoms with Crippen molar-refractivity contribution in [3.8, 4) is 5.75 Å². The maximum Gasteiger partial charge on any atom is 0.262 e. The lowest BCUT2D eigenvalue weighted by Crippen LogP contribution is -2.25. The Bertz CT molecular complexity index is 809. The lowest BCUT2D eigenvalue weighted by molar-refractivity contribution is -0.118. The summed E-state index contributed by atoms with van der Waals surface area (Å²) in [4.78, 5) is 24.0. The van der Waals surface area contributed by atoms with E-state index in [1.807, 2.05) is 0 Å². The molecule has 3 rings (SSSR count). The second kappa shape index (κ2) is 7.53. The summed E-state index contributed by atoms with van der Waals surface area (Å²) in [7, 11) is 0. The zero-order valence-corrected chi connectivity index (χ0v) is 14.0. The minimum atomic E-state index is -0.483. The van der Waals surface area contributed by atoms with Crippen LogP contribution in [0.15, 0.2) is 42.5 Å². The van der Waals surface area contributed by atoms with Gasteiger partial charge < -0.3 is 15.4 Å². The fraction of sp³-hybridized carbons (Fsp3) is 0.222. The van der Waals surface area contributed by atoms with Crippen LogP contribution in [0, 0.1) is 5.82 Å². The molecule has 0 saturated heterocycles. The van der Waals surface area contributed by atoms with Gasteiger partial charge in [0.1, 0.15) is 11.6 Å². The summed E-state index contributed by atoms with van der Waals surface area (Å²) < 4.78 is 18.2. The van der Waals surface area contributed by atoms with Gasteiger partial charge in [-0.25, -0.2) is 4.39 Å². The summed E-state index contributed by atoms with van der Waals surface area (Å²) >= 11 is 5.83. The van der Waals surface area contributed by atoms with Crippen molar-refractivity contribution in [1.82, 2.24) is 5.32 Å². The normalized spacial score (nSPS) is 13.2. The first-order valence-corrected chi connectivity index (χ1v) is 8.18. The van der Waals surface area contributed by atoms with Crippen molar-refractivity contribution in [2.75, 3.05) is 11.9 Å². The fourth-order valence-corrected chi connectivity index (χ4v) is 2.39. The van der Waals surface area contributed by atoms with Crippen molar-refractivity contribution < 1.29 is 18.7 Å². The average molecular weight is 363 g/mol. The van der Waals surface area contributed by atoms with E-state index in [1.165, 1.54) is 12.1 Å². The first-order valence-electron chi connectivity index (χ1n) is 7.80. The molecule has 0 spiro atoms. The molecule has 0 bridgehead atoms. The molecule has 0 heterocycles. The van der Waals surface area contributed by atoms with Gasteiger partial charge in [-0.1, -0.05) is 17.7 Å². The summed E-state index contributed by atoms with van der Waals surface area (Å²) in [5.74, 6) is -0.841. The molecule has 0 atom stereocenters. The van der Waals surface area contributed by atoms with Crippen LogP contribution in [0.2, 0.25) is 5.02 Å². The Morgan fingerprint density at radius 3 is 2.72 bits per heavy atom. The number of hydrogen-bond donors (Lipinski definition) is 2. The Morgan fingerprint density at radius 1 is 1.20 bits per heavy atom. The van der Waals surface area contributed by atoms with Gasteiger partial charge in [-0.2, -0.15) is 0 Å². The second-order valence-electron chi connectivity index (χ2n) is 5.74. The van der Waals surface area contributed by atoms with Gasteiger partial charge in [0.25, 0.3) is 11.8 Å². The fourth-order valence-electron chi connectivity index (χ4n) is 2.17. The number of halogens is 2. The van der Waals surface area contributed by atoms with Gasteiger partial charge in [0.2, 0.25) is 0 Å². The highest BCUT2D eigenvalue weighted by Crippen LogP contribution is 2.25. The summed E-state index contributed by atoms with van der Waals surface area (Å²) in [5.41, 5.74) is 0.967. The molecule has 0 unspecified atom stereocenters. The smallest absolute Gasteiger partial charge is 0.262 e. The van der Waals surface area contributed by atoms with Gasteiger partial charge in [0, 0.05) is 17.3 Å². The van der Waals surface area contributed by atoms with Gasteiger partial charge in [-0.3, -0.25) is 9.59 Å². The number of rotatable bonds is 6. The third-order valence-corrected chi connectivity index (χ3v) is 3.87. The van der Waals surface area contributed by atoms with E-state index < -0.39 is 11.7 Å². The molecule has 130 valence electrons. The number of amides is 2. The highest BCUT2D eigenvalue weighted by Gasteiger charge is 2.23. The predicted octanol–water partition coefficient (Wildman–Crippen LogP) is 3.39. The predicted molar refractivity (Wildman–Crippen MR) is 92.5 cm³/mol. The van der Waals surface area contributed by atoms with E-state index in [1.54, 1.807) is 24.3 Å². The SMILES string of the molecule is O=C(COc1ccc(F)cc1Cl)Nc1cccc(C(=O)NC2CC2)c1. The number of carbonyl (C=O) groups excluding carboxylic acids is 2. The lowest BCUT2D eigenvalue weighted by atomic mass is 10.2. The molecule has 2 amide bonds. The van der Waals surface area contributed by atoms with Gasteiger partial charge in [0.05, 0.1) is 5.02 Å². The largest absolute Gasteiger partial charge is 0.482 e. The highest BCUT2D eigenvalue weighted by molar-refractivity contribution is 6.32. The monoisotopic (exact) mass is 362 g/mol. The van der Waals surface area contributed by atoms with E-state index in [9.17, 15) is 14.0 Å². The zero-order valence-electron chi connectivity index (χ0n) is 13.2. The first-order chi connectivity index (χ1) is 12.0. The molecular weight excluding hydrogens is 347 g/mol.